The van der Waals surface area contributed by atoms with Crippen LogP contribution in [0.25, 0.3) is 0 Å². The van der Waals surface area contributed by atoms with E-state index in [1.54, 1.807) is 24.5 Å². The number of hydrogen-bond donors (Lipinski definition) is 0. The summed E-state index contributed by atoms with van der Waals surface area (Å²) in [5, 5.41) is 0. The van der Waals surface area contributed by atoms with Crippen LogP contribution in [0.3, 0.4) is 0 Å². The number of rotatable bonds is 4. The standard InChI is InChI=1S/C16H20N4O2S/c1-14(15-4-2-6-17-12-15)19-8-10-20(11-9-19)23(21,22)16-5-3-7-18-13-16/h2-7,12-14H,8-11H2,1H3/t14-/m0/s1. The molecule has 0 spiro atoms. The first kappa shape index (κ1) is 16.0. The van der Waals surface area contributed by atoms with Crippen molar-refractivity contribution >= 4 is 10.0 Å². The summed E-state index contributed by atoms with van der Waals surface area (Å²) in [7, 11) is -3.44. The predicted molar refractivity (Wildman–Crippen MR) is 87.2 cm³/mol. The Hall–Kier alpha value is -1.83. The quantitative estimate of drug-likeness (QED) is 0.850. The molecule has 3 rings (SSSR count). The van der Waals surface area contributed by atoms with E-state index in [4.69, 9.17) is 0 Å². The molecule has 0 N–H and O–H groups in total. The summed E-state index contributed by atoms with van der Waals surface area (Å²) in [6, 6.07) is 7.44. The van der Waals surface area contributed by atoms with Crippen molar-refractivity contribution in [1.82, 2.24) is 19.2 Å². The van der Waals surface area contributed by atoms with Crippen molar-refractivity contribution in [1.29, 1.82) is 0 Å². The number of hydrogen-bond acceptors (Lipinski definition) is 5. The lowest BCUT2D eigenvalue weighted by atomic mass is 10.1. The summed E-state index contributed by atoms with van der Waals surface area (Å²) in [6.45, 7) is 4.51. The van der Waals surface area contributed by atoms with Gasteiger partial charge in [0.2, 0.25) is 10.0 Å². The Morgan fingerprint density at radius 1 is 1.00 bits per heavy atom. The Labute approximate surface area is 136 Å². The van der Waals surface area contributed by atoms with E-state index in [0.29, 0.717) is 26.2 Å². The minimum atomic E-state index is -3.44. The van der Waals surface area contributed by atoms with Crippen LogP contribution in [0.1, 0.15) is 18.5 Å². The van der Waals surface area contributed by atoms with E-state index in [1.807, 2.05) is 12.3 Å². The van der Waals surface area contributed by atoms with Crippen LogP contribution in [0.5, 0.6) is 0 Å². The third kappa shape index (κ3) is 3.41. The Kier molecular flexibility index (Phi) is 4.70. The molecule has 0 aliphatic carbocycles. The predicted octanol–water partition coefficient (Wildman–Crippen LogP) is 1.54. The smallest absolute Gasteiger partial charge is 0.244 e. The monoisotopic (exact) mass is 332 g/mol. The van der Waals surface area contributed by atoms with E-state index in [-0.39, 0.29) is 10.9 Å². The summed E-state index contributed by atoms with van der Waals surface area (Å²) in [5.74, 6) is 0. The fourth-order valence-corrected chi connectivity index (χ4v) is 4.20. The molecule has 23 heavy (non-hydrogen) atoms. The molecule has 2 aromatic rings. The molecule has 1 aliphatic rings. The van der Waals surface area contributed by atoms with Crippen LogP contribution < -0.4 is 0 Å². The van der Waals surface area contributed by atoms with Gasteiger partial charge in [-0.2, -0.15) is 4.31 Å². The molecular formula is C16H20N4O2S. The van der Waals surface area contributed by atoms with Crippen LogP contribution in [0, 0.1) is 0 Å². The first-order chi connectivity index (χ1) is 11.1. The Balaban J connectivity index is 1.67. The zero-order valence-electron chi connectivity index (χ0n) is 13.0. The molecule has 0 saturated carbocycles. The van der Waals surface area contributed by atoms with Crippen LogP contribution in [0.4, 0.5) is 0 Å². The van der Waals surface area contributed by atoms with E-state index >= 15 is 0 Å². The zero-order chi connectivity index (χ0) is 16.3. The van der Waals surface area contributed by atoms with Crippen molar-refractivity contribution in [2.45, 2.75) is 17.9 Å². The van der Waals surface area contributed by atoms with Gasteiger partial charge in [0.15, 0.2) is 0 Å². The molecule has 122 valence electrons. The summed E-state index contributed by atoms with van der Waals surface area (Å²) in [4.78, 5) is 10.6. The van der Waals surface area contributed by atoms with Crippen molar-refractivity contribution < 1.29 is 8.42 Å². The van der Waals surface area contributed by atoms with Crippen LogP contribution in [0.15, 0.2) is 53.9 Å². The lowest BCUT2D eigenvalue weighted by Crippen LogP contribution is -2.49. The van der Waals surface area contributed by atoms with Crippen molar-refractivity contribution in [2.24, 2.45) is 0 Å². The minimum absolute atomic E-state index is 0.229. The second kappa shape index (κ2) is 6.74. The molecule has 7 heteroatoms. The Morgan fingerprint density at radius 3 is 2.22 bits per heavy atom. The Morgan fingerprint density at radius 2 is 1.65 bits per heavy atom. The highest BCUT2D eigenvalue weighted by Gasteiger charge is 2.30. The maximum atomic E-state index is 12.6. The van der Waals surface area contributed by atoms with Crippen molar-refractivity contribution in [3.8, 4) is 0 Å². The lowest BCUT2D eigenvalue weighted by Gasteiger charge is -2.37. The maximum absolute atomic E-state index is 12.6. The van der Waals surface area contributed by atoms with Gasteiger partial charge in [0, 0.05) is 57.0 Å². The summed E-state index contributed by atoms with van der Waals surface area (Å²) in [5.41, 5.74) is 1.15. The highest BCUT2D eigenvalue weighted by molar-refractivity contribution is 7.89. The van der Waals surface area contributed by atoms with Gasteiger partial charge >= 0.3 is 0 Å². The first-order valence-electron chi connectivity index (χ1n) is 7.63. The largest absolute Gasteiger partial charge is 0.294 e. The summed E-state index contributed by atoms with van der Waals surface area (Å²) in [6.07, 6.45) is 6.60. The maximum Gasteiger partial charge on any atom is 0.244 e. The van der Waals surface area contributed by atoms with Gasteiger partial charge in [-0.25, -0.2) is 8.42 Å². The van der Waals surface area contributed by atoms with Crippen LogP contribution >= 0.6 is 0 Å². The van der Waals surface area contributed by atoms with Crippen molar-refractivity contribution in [3.63, 3.8) is 0 Å². The van der Waals surface area contributed by atoms with Gasteiger partial charge in [-0.05, 0) is 30.7 Å². The van der Waals surface area contributed by atoms with Crippen LogP contribution in [-0.4, -0.2) is 53.8 Å². The molecule has 3 heterocycles. The normalized spacial score (nSPS) is 18.7. The van der Waals surface area contributed by atoms with Gasteiger partial charge in [-0.1, -0.05) is 6.07 Å². The molecular weight excluding hydrogens is 312 g/mol. The van der Waals surface area contributed by atoms with Gasteiger partial charge in [0.05, 0.1) is 0 Å². The highest BCUT2D eigenvalue weighted by Crippen LogP contribution is 2.23. The minimum Gasteiger partial charge on any atom is -0.294 e. The molecule has 0 aromatic carbocycles. The van der Waals surface area contributed by atoms with Crippen LogP contribution in [0.2, 0.25) is 0 Å². The lowest BCUT2D eigenvalue weighted by molar-refractivity contribution is 0.145. The SMILES string of the molecule is C[C@@H](c1cccnc1)N1CCN(S(=O)(=O)c2cccnc2)CC1. The fraction of sp³-hybridized carbons (Fsp3) is 0.375. The molecule has 6 nitrogen and oxygen atoms in total. The molecule has 1 aliphatic heterocycles. The molecule has 1 atom stereocenters. The van der Waals surface area contributed by atoms with Crippen molar-refractivity contribution in [3.05, 3.63) is 54.6 Å². The zero-order valence-corrected chi connectivity index (χ0v) is 13.9. The van der Waals surface area contributed by atoms with E-state index in [0.717, 1.165) is 5.56 Å². The van der Waals surface area contributed by atoms with Gasteiger partial charge < -0.3 is 0 Å². The average molecular weight is 332 g/mol. The van der Waals surface area contributed by atoms with E-state index in [1.165, 1.54) is 10.5 Å². The number of sulfonamides is 1. The van der Waals surface area contributed by atoms with E-state index in [9.17, 15) is 8.42 Å². The molecule has 0 unspecified atom stereocenters. The number of pyridine rings is 2. The molecule has 1 saturated heterocycles. The Bertz CT molecular complexity index is 729. The topological polar surface area (TPSA) is 66.4 Å². The van der Waals surface area contributed by atoms with Gasteiger partial charge in [0.25, 0.3) is 0 Å². The average Bonchev–Trinajstić information content (AvgIpc) is 2.63. The summed E-state index contributed by atoms with van der Waals surface area (Å²) < 4.78 is 26.7. The van der Waals surface area contributed by atoms with Crippen molar-refractivity contribution in [2.75, 3.05) is 26.2 Å². The molecule has 0 radical (unpaired) electrons. The molecule has 1 fully saturated rings. The van der Waals surface area contributed by atoms with Crippen LogP contribution in [-0.2, 0) is 10.0 Å². The highest BCUT2D eigenvalue weighted by atomic mass is 32.2. The van der Waals surface area contributed by atoms with Gasteiger partial charge in [-0.15, -0.1) is 0 Å². The first-order valence-corrected chi connectivity index (χ1v) is 9.07. The third-order valence-electron chi connectivity index (χ3n) is 4.26. The molecule has 0 amide bonds. The van der Waals surface area contributed by atoms with Gasteiger partial charge in [0.1, 0.15) is 4.90 Å². The summed E-state index contributed by atoms with van der Waals surface area (Å²) >= 11 is 0. The van der Waals surface area contributed by atoms with E-state index < -0.39 is 10.0 Å². The number of nitrogens with zero attached hydrogens (tertiary/aromatic N) is 4. The number of aromatic nitrogens is 2. The van der Waals surface area contributed by atoms with Gasteiger partial charge in [-0.3, -0.25) is 14.9 Å². The molecule has 0 bridgehead atoms. The second-order valence-electron chi connectivity index (χ2n) is 5.59. The second-order valence-corrected chi connectivity index (χ2v) is 7.53. The van der Waals surface area contributed by atoms with E-state index in [2.05, 4.69) is 27.9 Å². The third-order valence-corrected chi connectivity index (χ3v) is 6.14. The number of piperazine rings is 1. The molecule has 2 aromatic heterocycles. The fourth-order valence-electron chi connectivity index (χ4n) is 2.81.